The topological polar surface area (TPSA) is 17.1 Å². The van der Waals surface area contributed by atoms with E-state index in [1.807, 2.05) is 0 Å². The second kappa shape index (κ2) is 2.19. The van der Waals surface area contributed by atoms with Crippen molar-refractivity contribution < 1.29 is 4.79 Å². The van der Waals surface area contributed by atoms with Crippen LogP contribution in [-0.2, 0) is 4.79 Å². The number of hydrogen-bond donors (Lipinski definition) is 0. The van der Waals surface area contributed by atoms with Crippen molar-refractivity contribution in [3.05, 3.63) is 0 Å². The van der Waals surface area contributed by atoms with Gasteiger partial charge in [0, 0.05) is 12.8 Å². The number of Topliss-reactive ketones (excluding diaryl/α,β-unsaturated/α-hetero) is 1. The van der Waals surface area contributed by atoms with E-state index in [-0.39, 0.29) is 12.4 Å². The summed E-state index contributed by atoms with van der Waals surface area (Å²) in [5.41, 5.74) is 0. The van der Waals surface area contributed by atoms with Gasteiger partial charge in [-0.3, -0.25) is 4.79 Å². The first-order chi connectivity index (χ1) is 2.39. The Balaban J connectivity index is 0.000000250. The lowest BCUT2D eigenvalue weighted by Gasteiger charge is -2.05. The summed E-state index contributed by atoms with van der Waals surface area (Å²) >= 11 is 0. The minimum absolute atomic E-state index is 0. The molecule has 0 bridgehead atoms. The molecular weight excluding hydrogens is 99.5 g/mol. The van der Waals surface area contributed by atoms with Crippen molar-refractivity contribution >= 4 is 18.2 Å². The average Bonchev–Trinajstić information content (AvgIpc) is 1.30. The molecule has 0 aromatic rings. The van der Waals surface area contributed by atoms with Gasteiger partial charge >= 0.3 is 0 Å². The zero-order chi connectivity index (χ0) is 3.70. The highest BCUT2D eigenvalue weighted by molar-refractivity contribution is 5.85. The molecule has 0 atom stereocenters. The highest BCUT2D eigenvalue weighted by Crippen LogP contribution is 2.10. The Morgan fingerprint density at radius 2 is 1.67 bits per heavy atom. The van der Waals surface area contributed by atoms with Crippen molar-refractivity contribution in [1.29, 1.82) is 0 Å². The quantitative estimate of drug-likeness (QED) is 0.453. The van der Waals surface area contributed by atoms with Crippen LogP contribution in [-0.4, -0.2) is 5.78 Å². The van der Waals surface area contributed by atoms with E-state index in [1.54, 1.807) is 0 Å². The van der Waals surface area contributed by atoms with Gasteiger partial charge < -0.3 is 0 Å². The number of hydrogen-bond acceptors (Lipinski definition) is 1. The molecule has 0 N–H and O–H groups in total. The second-order valence-electron chi connectivity index (χ2n) is 1.39. The van der Waals surface area contributed by atoms with Crippen molar-refractivity contribution in [2.24, 2.45) is 0 Å². The Morgan fingerprint density at radius 1 is 1.33 bits per heavy atom. The molecule has 1 aliphatic carbocycles. The molecule has 0 unspecified atom stereocenters. The van der Waals surface area contributed by atoms with Crippen LogP contribution in [0.3, 0.4) is 0 Å². The third-order valence-electron chi connectivity index (χ3n) is 0.911. The van der Waals surface area contributed by atoms with Gasteiger partial charge in [0.2, 0.25) is 0 Å². The summed E-state index contributed by atoms with van der Waals surface area (Å²) in [4.78, 5) is 9.90. The zero-order valence-corrected chi connectivity index (χ0v) is 4.25. The van der Waals surface area contributed by atoms with Gasteiger partial charge in [0.05, 0.1) is 0 Å². The predicted octanol–water partition coefficient (Wildman–Crippen LogP) is 1.16. The van der Waals surface area contributed by atoms with Gasteiger partial charge in [-0.05, 0) is 6.42 Å². The van der Waals surface area contributed by atoms with Crippen molar-refractivity contribution in [2.45, 2.75) is 19.3 Å². The molecule has 2 heteroatoms. The molecule has 1 aliphatic rings. The first kappa shape index (κ1) is 5.96. The van der Waals surface area contributed by atoms with E-state index in [0.29, 0.717) is 5.78 Å². The standard InChI is InChI=1S/C4H6O.ClH/c5-4-2-1-3-4;/h1-3H2;1H. The van der Waals surface area contributed by atoms with Crippen molar-refractivity contribution in [2.75, 3.05) is 0 Å². The van der Waals surface area contributed by atoms with Gasteiger partial charge in [-0.1, -0.05) is 0 Å². The third kappa shape index (κ3) is 0.977. The largest absolute Gasteiger partial charge is 0.300 e. The molecule has 1 nitrogen and oxygen atoms in total. The van der Waals surface area contributed by atoms with E-state index >= 15 is 0 Å². The maximum Gasteiger partial charge on any atom is 0.132 e. The first-order valence-electron chi connectivity index (χ1n) is 1.91. The Labute approximate surface area is 43.1 Å². The minimum Gasteiger partial charge on any atom is -0.300 e. The van der Waals surface area contributed by atoms with Crippen LogP contribution in [0, 0.1) is 0 Å². The molecule has 0 saturated heterocycles. The van der Waals surface area contributed by atoms with Crippen LogP contribution in [0.15, 0.2) is 0 Å². The van der Waals surface area contributed by atoms with Crippen LogP contribution >= 0.6 is 12.4 Å². The lowest BCUT2D eigenvalue weighted by Crippen LogP contribution is -2.07. The third-order valence-corrected chi connectivity index (χ3v) is 0.911. The van der Waals surface area contributed by atoms with E-state index in [0.717, 1.165) is 19.3 Å². The molecule has 0 aromatic heterocycles. The van der Waals surface area contributed by atoms with Crippen LogP contribution in [0.4, 0.5) is 0 Å². The summed E-state index contributed by atoms with van der Waals surface area (Å²) in [5.74, 6) is 0.435. The summed E-state index contributed by atoms with van der Waals surface area (Å²) < 4.78 is 0. The monoisotopic (exact) mass is 106 g/mol. The molecule has 0 heterocycles. The van der Waals surface area contributed by atoms with Crippen LogP contribution < -0.4 is 0 Å². The maximum absolute atomic E-state index is 9.90. The smallest absolute Gasteiger partial charge is 0.132 e. The lowest BCUT2D eigenvalue weighted by atomic mass is 9.99. The van der Waals surface area contributed by atoms with Gasteiger partial charge in [0.1, 0.15) is 5.78 Å². The summed E-state index contributed by atoms with van der Waals surface area (Å²) in [5, 5.41) is 0. The number of halogens is 1. The van der Waals surface area contributed by atoms with E-state index in [2.05, 4.69) is 0 Å². The van der Waals surface area contributed by atoms with Gasteiger partial charge in [0.15, 0.2) is 0 Å². The molecule has 1 fully saturated rings. The summed E-state index contributed by atoms with van der Waals surface area (Å²) in [7, 11) is 0. The van der Waals surface area contributed by atoms with Crippen LogP contribution in [0.5, 0.6) is 0 Å². The van der Waals surface area contributed by atoms with Crippen molar-refractivity contribution in [1.82, 2.24) is 0 Å². The van der Waals surface area contributed by atoms with Crippen molar-refractivity contribution in [3.63, 3.8) is 0 Å². The molecular formula is C4H7ClO. The number of ketones is 1. The number of rotatable bonds is 0. The van der Waals surface area contributed by atoms with E-state index < -0.39 is 0 Å². The fourth-order valence-electron chi connectivity index (χ4n) is 0.321. The zero-order valence-electron chi connectivity index (χ0n) is 3.44. The van der Waals surface area contributed by atoms with Crippen LogP contribution in [0.1, 0.15) is 19.3 Å². The Kier molecular flexibility index (Phi) is 2.18. The molecule has 0 radical (unpaired) electrons. The minimum atomic E-state index is 0. The Morgan fingerprint density at radius 3 is 1.67 bits per heavy atom. The van der Waals surface area contributed by atoms with E-state index in [9.17, 15) is 4.79 Å². The molecule has 0 aromatic carbocycles. The van der Waals surface area contributed by atoms with Crippen LogP contribution in [0.2, 0.25) is 0 Å². The van der Waals surface area contributed by atoms with Gasteiger partial charge in [-0.2, -0.15) is 0 Å². The number of carbonyl (C=O) groups excluding carboxylic acids is 1. The summed E-state index contributed by atoms with van der Waals surface area (Å²) in [6.45, 7) is 0. The van der Waals surface area contributed by atoms with Crippen LogP contribution in [0.25, 0.3) is 0 Å². The molecule has 36 valence electrons. The summed E-state index contributed by atoms with van der Waals surface area (Å²) in [6.07, 6.45) is 2.83. The SMILES string of the molecule is Cl.O=C1CCC1. The highest BCUT2D eigenvalue weighted by Gasteiger charge is 2.09. The molecule has 0 spiro atoms. The first-order valence-corrected chi connectivity index (χ1v) is 1.91. The lowest BCUT2D eigenvalue weighted by molar-refractivity contribution is -0.123. The van der Waals surface area contributed by atoms with E-state index in [4.69, 9.17) is 0 Å². The predicted molar refractivity (Wildman–Crippen MR) is 26.1 cm³/mol. The fraction of sp³-hybridized carbons (Fsp3) is 0.750. The van der Waals surface area contributed by atoms with Gasteiger partial charge in [0.25, 0.3) is 0 Å². The van der Waals surface area contributed by atoms with Gasteiger partial charge in [-0.25, -0.2) is 0 Å². The number of carbonyl (C=O) groups is 1. The molecule has 0 aliphatic heterocycles. The Bertz CT molecular complexity index is 54.6. The average molecular weight is 107 g/mol. The second-order valence-corrected chi connectivity index (χ2v) is 1.39. The maximum atomic E-state index is 9.90. The fourth-order valence-corrected chi connectivity index (χ4v) is 0.321. The van der Waals surface area contributed by atoms with Crippen molar-refractivity contribution in [3.8, 4) is 0 Å². The van der Waals surface area contributed by atoms with E-state index in [1.165, 1.54) is 0 Å². The Hall–Kier alpha value is -0.0400. The highest BCUT2D eigenvalue weighted by atomic mass is 35.5. The molecule has 1 saturated carbocycles. The molecule has 6 heavy (non-hydrogen) atoms. The molecule has 1 rings (SSSR count). The summed E-state index contributed by atoms with van der Waals surface area (Å²) in [6, 6.07) is 0. The molecule has 0 amide bonds. The normalized spacial score (nSPS) is 18.3. The van der Waals surface area contributed by atoms with Gasteiger partial charge in [-0.15, -0.1) is 12.4 Å².